The summed E-state index contributed by atoms with van der Waals surface area (Å²) in [4.78, 5) is 12.2. The van der Waals surface area contributed by atoms with Gasteiger partial charge in [0.05, 0.1) is 5.75 Å². The van der Waals surface area contributed by atoms with Crippen LogP contribution in [0.5, 0.6) is 0 Å². The lowest BCUT2D eigenvalue weighted by molar-refractivity contribution is -0.121. The van der Waals surface area contributed by atoms with E-state index in [9.17, 15) is 17.6 Å². The highest BCUT2D eigenvalue weighted by Crippen LogP contribution is 2.18. The van der Waals surface area contributed by atoms with Crippen molar-refractivity contribution in [2.45, 2.75) is 56.1 Å². The number of amides is 1. The van der Waals surface area contributed by atoms with Crippen molar-refractivity contribution in [2.75, 3.05) is 0 Å². The molecule has 1 fully saturated rings. The summed E-state index contributed by atoms with van der Waals surface area (Å²) >= 11 is 0. The lowest BCUT2D eigenvalue weighted by atomic mass is 9.95. The van der Waals surface area contributed by atoms with Crippen molar-refractivity contribution in [1.82, 2.24) is 5.32 Å². The number of rotatable bonds is 5. The van der Waals surface area contributed by atoms with Crippen LogP contribution in [0.4, 0.5) is 4.39 Å². The lowest BCUT2D eigenvalue weighted by Gasteiger charge is -2.24. The fraction of sp³-hybridized carbons (Fsp3) is 0.562. The molecule has 0 aliphatic heterocycles. The molecule has 1 atom stereocenters. The molecule has 1 aromatic carbocycles. The molecule has 0 unspecified atom stereocenters. The van der Waals surface area contributed by atoms with Crippen molar-refractivity contribution >= 4 is 15.7 Å². The molecule has 4 nitrogen and oxygen atoms in total. The third-order valence-corrected chi connectivity index (χ3v) is 6.14. The van der Waals surface area contributed by atoms with E-state index in [0.717, 1.165) is 25.7 Å². The van der Waals surface area contributed by atoms with E-state index < -0.39 is 26.8 Å². The average Bonchev–Trinajstić information content (AvgIpc) is 2.47. The highest BCUT2D eigenvalue weighted by Gasteiger charge is 2.29. The van der Waals surface area contributed by atoms with Gasteiger partial charge in [-0.25, -0.2) is 12.8 Å². The van der Waals surface area contributed by atoms with Crippen molar-refractivity contribution in [1.29, 1.82) is 0 Å². The van der Waals surface area contributed by atoms with Gasteiger partial charge < -0.3 is 5.32 Å². The Kier molecular flexibility index (Phi) is 5.56. The highest BCUT2D eigenvalue weighted by molar-refractivity contribution is 7.92. The number of hydrogen-bond acceptors (Lipinski definition) is 3. The van der Waals surface area contributed by atoms with Crippen LogP contribution in [-0.2, 0) is 20.4 Å². The Hall–Kier alpha value is -1.43. The number of nitrogens with one attached hydrogen (secondary N) is 1. The largest absolute Gasteiger partial charge is 0.352 e. The molecule has 0 spiro atoms. The second kappa shape index (κ2) is 7.22. The molecule has 2 rings (SSSR count). The monoisotopic (exact) mass is 327 g/mol. The first-order chi connectivity index (χ1) is 10.4. The first-order valence-electron chi connectivity index (χ1n) is 7.65. The Morgan fingerprint density at radius 2 is 2.00 bits per heavy atom. The number of halogens is 1. The van der Waals surface area contributed by atoms with Crippen molar-refractivity contribution in [3.05, 3.63) is 35.6 Å². The Morgan fingerprint density at radius 1 is 1.32 bits per heavy atom. The van der Waals surface area contributed by atoms with Crippen LogP contribution in [0.2, 0.25) is 0 Å². The maximum Gasteiger partial charge on any atom is 0.238 e. The third kappa shape index (κ3) is 4.53. The molecular formula is C16H22FNO3S. The fourth-order valence-electron chi connectivity index (χ4n) is 2.71. The zero-order valence-electron chi connectivity index (χ0n) is 12.7. The molecular weight excluding hydrogens is 305 g/mol. The van der Waals surface area contributed by atoms with Gasteiger partial charge in [0.2, 0.25) is 5.91 Å². The van der Waals surface area contributed by atoms with Crippen LogP contribution in [0.15, 0.2) is 24.3 Å². The standard InChI is InChI=1S/C16H22FNO3S/c1-12(16(19)18-15-8-3-2-4-9-15)22(20,21)11-13-6-5-7-14(17)10-13/h5-7,10,12,15H,2-4,8-9,11H2,1H3,(H,18,19)/t12-/m0/s1. The van der Waals surface area contributed by atoms with Gasteiger partial charge in [0.25, 0.3) is 0 Å². The maximum absolute atomic E-state index is 13.1. The van der Waals surface area contributed by atoms with E-state index in [1.807, 2.05) is 0 Å². The van der Waals surface area contributed by atoms with Crippen LogP contribution in [0.25, 0.3) is 0 Å². The van der Waals surface area contributed by atoms with Crippen LogP contribution in [-0.4, -0.2) is 25.6 Å². The first kappa shape index (κ1) is 16.9. The maximum atomic E-state index is 13.1. The van der Waals surface area contributed by atoms with Crippen LogP contribution in [0.3, 0.4) is 0 Å². The van der Waals surface area contributed by atoms with Gasteiger partial charge in [-0.05, 0) is 37.5 Å². The minimum absolute atomic E-state index is 0.0769. The van der Waals surface area contributed by atoms with Crippen molar-refractivity contribution in [2.24, 2.45) is 0 Å². The van der Waals surface area contributed by atoms with Gasteiger partial charge in [-0.2, -0.15) is 0 Å². The molecule has 1 aromatic rings. The molecule has 1 aliphatic rings. The Morgan fingerprint density at radius 3 is 2.64 bits per heavy atom. The Labute approximate surface area is 131 Å². The van der Waals surface area contributed by atoms with E-state index in [-0.39, 0.29) is 11.8 Å². The molecule has 1 saturated carbocycles. The summed E-state index contributed by atoms with van der Waals surface area (Å²) in [6.45, 7) is 1.40. The minimum atomic E-state index is -3.66. The first-order valence-corrected chi connectivity index (χ1v) is 9.36. The number of carbonyl (C=O) groups excluding carboxylic acids is 1. The fourth-order valence-corrected chi connectivity index (χ4v) is 4.00. The van der Waals surface area contributed by atoms with Gasteiger partial charge in [0.1, 0.15) is 11.1 Å². The molecule has 6 heteroatoms. The van der Waals surface area contributed by atoms with E-state index in [1.54, 1.807) is 6.07 Å². The minimum Gasteiger partial charge on any atom is -0.352 e. The van der Waals surface area contributed by atoms with Gasteiger partial charge in [-0.1, -0.05) is 31.4 Å². The number of carbonyl (C=O) groups is 1. The van der Waals surface area contributed by atoms with Crippen LogP contribution >= 0.6 is 0 Å². The quantitative estimate of drug-likeness (QED) is 0.904. The highest BCUT2D eigenvalue weighted by atomic mass is 32.2. The molecule has 122 valence electrons. The van der Waals surface area contributed by atoms with Crippen LogP contribution in [0.1, 0.15) is 44.6 Å². The van der Waals surface area contributed by atoms with Gasteiger partial charge in [0, 0.05) is 6.04 Å². The third-order valence-electron chi connectivity index (χ3n) is 4.12. The summed E-state index contributed by atoms with van der Waals surface area (Å²) < 4.78 is 37.8. The molecule has 0 aromatic heterocycles. The van der Waals surface area contributed by atoms with Crippen LogP contribution < -0.4 is 5.32 Å². The summed E-state index contributed by atoms with van der Waals surface area (Å²) in [7, 11) is -3.66. The molecule has 0 heterocycles. The number of sulfone groups is 1. The van der Waals surface area contributed by atoms with Gasteiger partial charge in [-0.15, -0.1) is 0 Å². The van der Waals surface area contributed by atoms with E-state index in [2.05, 4.69) is 5.32 Å². The predicted molar refractivity (Wildman–Crippen MR) is 83.5 cm³/mol. The van der Waals surface area contributed by atoms with E-state index >= 15 is 0 Å². The SMILES string of the molecule is C[C@@H](C(=O)NC1CCCCC1)S(=O)(=O)Cc1cccc(F)c1. The Bertz CT molecular complexity index is 624. The normalized spacial score (nSPS) is 17.9. The molecule has 0 bridgehead atoms. The number of benzene rings is 1. The zero-order chi connectivity index (χ0) is 16.2. The molecule has 1 N–H and O–H groups in total. The summed E-state index contributed by atoms with van der Waals surface area (Å²) in [5.41, 5.74) is 0.359. The average molecular weight is 327 g/mol. The number of hydrogen-bond donors (Lipinski definition) is 1. The van der Waals surface area contributed by atoms with E-state index in [1.165, 1.54) is 31.5 Å². The van der Waals surface area contributed by atoms with E-state index in [4.69, 9.17) is 0 Å². The predicted octanol–water partition coefficient (Wildman–Crippen LogP) is 2.58. The van der Waals surface area contributed by atoms with Crippen LogP contribution in [0, 0.1) is 5.82 Å². The molecule has 0 radical (unpaired) electrons. The second-order valence-electron chi connectivity index (χ2n) is 5.92. The van der Waals surface area contributed by atoms with Gasteiger partial charge >= 0.3 is 0 Å². The summed E-state index contributed by atoms with van der Waals surface area (Å²) in [6, 6.07) is 5.53. The van der Waals surface area contributed by atoms with Gasteiger partial charge in [-0.3, -0.25) is 4.79 Å². The van der Waals surface area contributed by atoms with Crippen molar-refractivity contribution in [3.63, 3.8) is 0 Å². The van der Waals surface area contributed by atoms with E-state index in [0.29, 0.717) is 5.56 Å². The Balaban J connectivity index is 1.99. The van der Waals surface area contributed by atoms with Gasteiger partial charge in [0.15, 0.2) is 9.84 Å². The summed E-state index contributed by atoms with van der Waals surface area (Å²) in [6.07, 6.45) is 5.11. The lowest BCUT2D eigenvalue weighted by Crippen LogP contribution is -2.44. The molecule has 0 saturated heterocycles. The van der Waals surface area contributed by atoms with Crippen molar-refractivity contribution in [3.8, 4) is 0 Å². The van der Waals surface area contributed by atoms with Crippen molar-refractivity contribution < 1.29 is 17.6 Å². The summed E-state index contributed by atoms with van der Waals surface area (Å²) in [5.74, 6) is -1.26. The molecule has 1 amide bonds. The molecule has 22 heavy (non-hydrogen) atoms. The topological polar surface area (TPSA) is 63.2 Å². The smallest absolute Gasteiger partial charge is 0.238 e. The second-order valence-corrected chi connectivity index (χ2v) is 8.24. The zero-order valence-corrected chi connectivity index (χ0v) is 13.5. The molecule has 1 aliphatic carbocycles. The summed E-state index contributed by atoms with van der Waals surface area (Å²) in [5, 5.41) is 1.70.